The first kappa shape index (κ1) is 24.0. The molecule has 5 rings (SSSR count). The van der Waals surface area contributed by atoms with Crippen LogP contribution in [-0.2, 0) is 4.79 Å². The number of nitrogens with zero attached hydrogens (tertiary/aromatic N) is 5. The summed E-state index contributed by atoms with van der Waals surface area (Å²) < 4.78 is 7.07. The molecule has 3 N–H and O–H groups in total. The van der Waals surface area contributed by atoms with Gasteiger partial charge in [0.25, 0.3) is 5.91 Å². The van der Waals surface area contributed by atoms with Crippen molar-refractivity contribution in [1.29, 1.82) is 0 Å². The number of nitrogens with two attached hydrogens (primary N) is 1. The molecule has 1 atom stereocenters. The van der Waals surface area contributed by atoms with Crippen molar-refractivity contribution in [2.75, 3.05) is 31.2 Å². The van der Waals surface area contributed by atoms with Crippen molar-refractivity contribution in [3.05, 3.63) is 73.1 Å². The first-order chi connectivity index (χ1) is 18.0. The number of anilines is 2. The van der Waals surface area contributed by atoms with Gasteiger partial charge < -0.3 is 20.7 Å². The number of methoxy groups -OCH3 is 1. The van der Waals surface area contributed by atoms with Crippen LogP contribution in [0.1, 0.15) is 29.2 Å². The standard InChI is InChI=1S/C27H27N7O3/c1-3-22(35)33-12-6-10-20(15-33)34-26-23(25(28)29-16-30-26)24(32-34)17-7-4-8-18(13-17)27(36)31-19-9-5-11-21(14-19)37-2/h3-5,7-9,11,13-14,16,20H,1,6,10,12,15H2,2H3,(H,31,36)(H2,28,29,30)/t20-/m1/s1. The molecule has 10 nitrogen and oxygen atoms in total. The van der Waals surface area contributed by atoms with Crippen molar-refractivity contribution in [2.24, 2.45) is 0 Å². The number of nitrogens with one attached hydrogen (secondary N) is 1. The van der Waals surface area contributed by atoms with Crippen LogP contribution in [-0.4, -0.2) is 56.7 Å². The Kier molecular flexibility index (Phi) is 6.55. The molecular formula is C27H27N7O3. The minimum absolute atomic E-state index is 0.0808. The zero-order chi connectivity index (χ0) is 25.9. The van der Waals surface area contributed by atoms with Crippen LogP contribution in [0, 0.1) is 0 Å². The summed E-state index contributed by atoms with van der Waals surface area (Å²) in [6.45, 7) is 4.78. The number of hydrogen-bond acceptors (Lipinski definition) is 7. The van der Waals surface area contributed by atoms with Crippen LogP contribution in [0.2, 0.25) is 0 Å². The molecule has 1 aliphatic heterocycles. The van der Waals surface area contributed by atoms with Crippen molar-refractivity contribution in [3.63, 3.8) is 0 Å². The zero-order valence-corrected chi connectivity index (χ0v) is 20.4. The van der Waals surface area contributed by atoms with Gasteiger partial charge in [0.15, 0.2) is 5.65 Å². The number of amides is 2. The number of carbonyl (C=O) groups is 2. The second-order valence-corrected chi connectivity index (χ2v) is 8.80. The second-order valence-electron chi connectivity index (χ2n) is 8.80. The Morgan fingerprint density at radius 1 is 1.19 bits per heavy atom. The number of nitrogen functional groups attached to an aromatic ring is 1. The van der Waals surface area contributed by atoms with E-state index in [4.69, 9.17) is 15.6 Å². The van der Waals surface area contributed by atoms with Gasteiger partial charge in [-0.15, -0.1) is 0 Å². The summed E-state index contributed by atoms with van der Waals surface area (Å²) in [4.78, 5) is 35.7. The van der Waals surface area contributed by atoms with Gasteiger partial charge >= 0.3 is 0 Å². The van der Waals surface area contributed by atoms with E-state index in [-0.39, 0.29) is 17.9 Å². The van der Waals surface area contributed by atoms with Crippen LogP contribution >= 0.6 is 0 Å². The van der Waals surface area contributed by atoms with E-state index < -0.39 is 0 Å². The summed E-state index contributed by atoms with van der Waals surface area (Å²) in [5, 5.41) is 8.40. The lowest BCUT2D eigenvalue weighted by Gasteiger charge is -2.32. The quantitative estimate of drug-likeness (QED) is 0.389. The Hall–Kier alpha value is -4.73. The molecule has 0 spiro atoms. The lowest BCUT2D eigenvalue weighted by molar-refractivity contribution is -0.127. The highest BCUT2D eigenvalue weighted by Gasteiger charge is 2.28. The maximum absolute atomic E-state index is 13.0. The number of ether oxygens (including phenoxy) is 1. The summed E-state index contributed by atoms with van der Waals surface area (Å²) in [6, 6.07) is 14.2. The monoisotopic (exact) mass is 497 g/mol. The minimum atomic E-state index is -0.270. The average molecular weight is 498 g/mol. The SMILES string of the molecule is C=CC(=O)N1CCC[C@@H](n2nc(-c3cccc(C(=O)Nc4cccc(OC)c4)c3)c3c(N)ncnc32)C1. The van der Waals surface area contributed by atoms with Gasteiger partial charge in [-0.2, -0.15) is 5.10 Å². The molecule has 1 aliphatic rings. The first-order valence-electron chi connectivity index (χ1n) is 11.9. The molecule has 4 aromatic rings. The van der Waals surface area contributed by atoms with Crippen molar-refractivity contribution in [3.8, 4) is 17.0 Å². The van der Waals surface area contributed by atoms with Crippen LogP contribution in [0.5, 0.6) is 5.75 Å². The lowest BCUT2D eigenvalue weighted by Crippen LogP contribution is -2.40. The van der Waals surface area contributed by atoms with E-state index in [0.29, 0.717) is 58.2 Å². The van der Waals surface area contributed by atoms with Gasteiger partial charge in [-0.05, 0) is 43.2 Å². The Balaban J connectivity index is 1.50. The molecule has 0 saturated carbocycles. The predicted octanol–water partition coefficient (Wildman–Crippen LogP) is 3.69. The topological polar surface area (TPSA) is 128 Å². The van der Waals surface area contributed by atoms with Gasteiger partial charge in [0.05, 0.1) is 18.5 Å². The van der Waals surface area contributed by atoms with Gasteiger partial charge in [0.1, 0.15) is 23.6 Å². The number of aromatic nitrogens is 4. The van der Waals surface area contributed by atoms with E-state index >= 15 is 0 Å². The summed E-state index contributed by atoms with van der Waals surface area (Å²) in [5.74, 6) is 0.571. The number of carbonyl (C=O) groups excluding carboxylic acids is 2. The highest BCUT2D eigenvalue weighted by molar-refractivity contribution is 6.06. The summed E-state index contributed by atoms with van der Waals surface area (Å²) in [6.07, 6.45) is 4.41. The van der Waals surface area contributed by atoms with E-state index in [2.05, 4.69) is 21.9 Å². The lowest BCUT2D eigenvalue weighted by atomic mass is 10.1. The molecule has 188 valence electrons. The third kappa shape index (κ3) is 4.73. The Bertz CT molecular complexity index is 1500. The number of rotatable bonds is 6. The molecule has 1 saturated heterocycles. The molecule has 37 heavy (non-hydrogen) atoms. The zero-order valence-electron chi connectivity index (χ0n) is 20.4. The Morgan fingerprint density at radius 2 is 2.03 bits per heavy atom. The van der Waals surface area contributed by atoms with E-state index in [1.807, 2.05) is 16.8 Å². The number of benzene rings is 2. The molecule has 0 radical (unpaired) electrons. The molecule has 10 heteroatoms. The van der Waals surface area contributed by atoms with Crippen molar-refractivity contribution in [1.82, 2.24) is 24.6 Å². The first-order valence-corrected chi connectivity index (χ1v) is 11.9. The molecule has 2 amide bonds. The van der Waals surface area contributed by atoms with Gasteiger partial charge in [-0.25, -0.2) is 14.6 Å². The average Bonchev–Trinajstić information content (AvgIpc) is 3.34. The Morgan fingerprint density at radius 3 is 2.84 bits per heavy atom. The van der Waals surface area contributed by atoms with Crippen LogP contribution in [0.25, 0.3) is 22.3 Å². The fraction of sp³-hybridized carbons (Fsp3) is 0.222. The smallest absolute Gasteiger partial charge is 0.255 e. The molecule has 2 aromatic heterocycles. The molecule has 1 fully saturated rings. The van der Waals surface area contributed by atoms with E-state index in [1.54, 1.807) is 48.4 Å². The van der Waals surface area contributed by atoms with E-state index in [0.717, 1.165) is 12.8 Å². The highest BCUT2D eigenvalue weighted by Crippen LogP contribution is 2.34. The van der Waals surface area contributed by atoms with Gasteiger partial charge in [-0.1, -0.05) is 24.8 Å². The fourth-order valence-corrected chi connectivity index (χ4v) is 4.65. The van der Waals surface area contributed by atoms with Crippen LogP contribution in [0.4, 0.5) is 11.5 Å². The van der Waals surface area contributed by atoms with Crippen molar-refractivity contribution in [2.45, 2.75) is 18.9 Å². The molecule has 2 aromatic carbocycles. The third-order valence-electron chi connectivity index (χ3n) is 6.47. The normalized spacial score (nSPS) is 15.4. The second kappa shape index (κ2) is 10.1. The van der Waals surface area contributed by atoms with Crippen molar-refractivity contribution >= 4 is 34.4 Å². The highest BCUT2D eigenvalue weighted by atomic mass is 16.5. The minimum Gasteiger partial charge on any atom is -0.497 e. The molecule has 0 bridgehead atoms. The fourth-order valence-electron chi connectivity index (χ4n) is 4.65. The summed E-state index contributed by atoms with van der Waals surface area (Å²) in [5.41, 5.74) is 9.24. The van der Waals surface area contributed by atoms with E-state index in [1.165, 1.54) is 12.4 Å². The van der Waals surface area contributed by atoms with Crippen molar-refractivity contribution < 1.29 is 14.3 Å². The number of piperidine rings is 1. The van der Waals surface area contributed by atoms with E-state index in [9.17, 15) is 9.59 Å². The van der Waals surface area contributed by atoms with Crippen LogP contribution < -0.4 is 15.8 Å². The number of hydrogen-bond donors (Lipinski definition) is 2. The maximum Gasteiger partial charge on any atom is 0.255 e. The number of likely N-dealkylation sites (tertiary alicyclic amines) is 1. The third-order valence-corrected chi connectivity index (χ3v) is 6.47. The summed E-state index contributed by atoms with van der Waals surface area (Å²) >= 11 is 0. The van der Waals surface area contributed by atoms with Gasteiger partial charge in [-0.3, -0.25) is 9.59 Å². The maximum atomic E-state index is 13.0. The molecule has 0 aliphatic carbocycles. The summed E-state index contributed by atoms with van der Waals surface area (Å²) in [7, 11) is 1.57. The number of fused-ring (bicyclic) bond motifs is 1. The van der Waals surface area contributed by atoms with Crippen LogP contribution in [0.15, 0.2) is 67.5 Å². The van der Waals surface area contributed by atoms with Gasteiger partial charge in [0.2, 0.25) is 5.91 Å². The molecule has 0 unspecified atom stereocenters. The van der Waals surface area contributed by atoms with Crippen LogP contribution in [0.3, 0.4) is 0 Å². The van der Waals surface area contributed by atoms with Gasteiger partial charge in [0, 0.05) is 36.0 Å². The molecular weight excluding hydrogens is 470 g/mol. The largest absolute Gasteiger partial charge is 0.497 e. The Labute approximate surface area is 213 Å². The molecule has 3 heterocycles. The predicted molar refractivity (Wildman–Crippen MR) is 141 cm³/mol.